The maximum absolute atomic E-state index is 12.8. The van der Waals surface area contributed by atoms with Crippen molar-refractivity contribution >= 4 is 23.8 Å². The van der Waals surface area contributed by atoms with Gasteiger partial charge in [0.05, 0.1) is 7.11 Å². The minimum Gasteiger partial charge on any atom is -0.497 e. The van der Waals surface area contributed by atoms with Crippen molar-refractivity contribution < 1.29 is 23.9 Å². The van der Waals surface area contributed by atoms with E-state index in [0.717, 1.165) is 48.5 Å². The summed E-state index contributed by atoms with van der Waals surface area (Å²) in [6.07, 6.45) is 6.24. The highest BCUT2D eigenvalue weighted by molar-refractivity contribution is 6.08. The molecule has 0 bridgehead atoms. The fourth-order valence-electron chi connectivity index (χ4n) is 5.30. The van der Waals surface area contributed by atoms with Crippen LogP contribution in [0.5, 0.6) is 5.75 Å². The van der Waals surface area contributed by atoms with E-state index >= 15 is 0 Å². The highest BCUT2D eigenvalue weighted by atomic mass is 16.5. The molecule has 0 unspecified atom stereocenters. The topological polar surface area (TPSA) is 111 Å². The van der Waals surface area contributed by atoms with Crippen LogP contribution in [0.2, 0.25) is 0 Å². The van der Waals surface area contributed by atoms with E-state index in [1.54, 1.807) is 7.11 Å². The minimum absolute atomic E-state index is 0.139. The lowest BCUT2D eigenvalue weighted by molar-refractivity contribution is -0.140. The second-order valence-electron chi connectivity index (χ2n) is 9.92. The Labute approximate surface area is 212 Å². The summed E-state index contributed by atoms with van der Waals surface area (Å²) >= 11 is 0. The van der Waals surface area contributed by atoms with Crippen LogP contribution >= 0.6 is 0 Å². The number of rotatable bonds is 8. The molecule has 36 heavy (non-hydrogen) atoms. The number of hydrogen-bond donors (Lipinski definition) is 2. The highest BCUT2D eigenvalue weighted by Crippen LogP contribution is 2.33. The lowest BCUT2D eigenvalue weighted by atomic mass is 9.82. The molecule has 3 aliphatic rings. The van der Waals surface area contributed by atoms with Gasteiger partial charge in [-0.05, 0) is 49.9 Å². The number of ether oxygens (including phenoxy) is 1. The van der Waals surface area contributed by atoms with Crippen LogP contribution in [0.15, 0.2) is 24.3 Å². The van der Waals surface area contributed by atoms with Crippen LogP contribution in [-0.4, -0.2) is 83.9 Å². The van der Waals surface area contributed by atoms with E-state index in [0.29, 0.717) is 51.9 Å². The molecule has 0 aromatic heterocycles. The molecule has 2 N–H and O–H groups in total. The van der Waals surface area contributed by atoms with E-state index in [2.05, 4.69) is 15.6 Å². The molecular formula is C26H37N5O5. The third-order valence-corrected chi connectivity index (χ3v) is 7.49. The summed E-state index contributed by atoms with van der Waals surface area (Å²) in [5, 5.41) is 3.66. The Morgan fingerprint density at radius 2 is 1.72 bits per heavy atom. The Kier molecular flexibility index (Phi) is 8.45. The van der Waals surface area contributed by atoms with Gasteiger partial charge in [0.15, 0.2) is 0 Å². The van der Waals surface area contributed by atoms with Crippen LogP contribution in [0.1, 0.15) is 56.9 Å². The zero-order valence-corrected chi connectivity index (χ0v) is 21.1. The molecule has 0 atom stereocenters. The van der Waals surface area contributed by atoms with Crippen LogP contribution in [0.25, 0.3) is 0 Å². The van der Waals surface area contributed by atoms with Gasteiger partial charge in [0.2, 0.25) is 11.8 Å². The van der Waals surface area contributed by atoms with Crippen molar-refractivity contribution in [3.05, 3.63) is 29.8 Å². The number of carbonyl (C=O) groups is 4. The quantitative estimate of drug-likeness (QED) is 0.528. The average molecular weight is 500 g/mol. The van der Waals surface area contributed by atoms with Crippen molar-refractivity contribution in [2.24, 2.45) is 0 Å². The monoisotopic (exact) mass is 499 g/mol. The molecule has 5 amide bonds. The Balaban J connectivity index is 1.18. The molecule has 2 heterocycles. The summed E-state index contributed by atoms with van der Waals surface area (Å²) in [6.45, 7) is 3.32. The number of aryl methyl sites for hydroxylation is 1. The van der Waals surface area contributed by atoms with E-state index in [1.807, 2.05) is 29.2 Å². The molecule has 1 aromatic carbocycles. The second-order valence-corrected chi connectivity index (χ2v) is 9.92. The first-order valence-electron chi connectivity index (χ1n) is 13.0. The first-order valence-corrected chi connectivity index (χ1v) is 13.0. The van der Waals surface area contributed by atoms with Crippen molar-refractivity contribution in [2.45, 2.75) is 63.3 Å². The summed E-state index contributed by atoms with van der Waals surface area (Å²) in [4.78, 5) is 54.5. The Hall–Kier alpha value is -3.14. The van der Waals surface area contributed by atoms with Gasteiger partial charge in [0.1, 0.15) is 11.3 Å². The molecule has 196 valence electrons. The summed E-state index contributed by atoms with van der Waals surface area (Å²) < 4.78 is 5.17. The average Bonchev–Trinajstić information content (AvgIpc) is 3.05. The number of nitrogens with one attached hydrogen (secondary N) is 2. The molecule has 2 aliphatic heterocycles. The summed E-state index contributed by atoms with van der Waals surface area (Å²) in [7, 11) is 1.63. The number of carbonyl (C=O) groups excluding carboxylic acids is 4. The predicted molar refractivity (Wildman–Crippen MR) is 133 cm³/mol. The fraction of sp³-hybridized carbons (Fsp3) is 0.615. The molecule has 1 aliphatic carbocycles. The van der Waals surface area contributed by atoms with Gasteiger partial charge in [0.25, 0.3) is 5.91 Å². The van der Waals surface area contributed by atoms with Crippen molar-refractivity contribution in [3.63, 3.8) is 0 Å². The molecule has 1 spiro atoms. The molecule has 10 nitrogen and oxygen atoms in total. The number of urea groups is 1. The molecule has 3 fully saturated rings. The van der Waals surface area contributed by atoms with E-state index in [4.69, 9.17) is 4.74 Å². The van der Waals surface area contributed by atoms with Crippen molar-refractivity contribution in [1.29, 1.82) is 0 Å². The van der Waals surface area contributed by atoms with Gasteiger partial charge < -0.3 is 19.9 Å². The Morgan fingerprint density at radius 1 is 0.972 bits per heavy atom. The number of hydrazine groups is 1. The van der Waals surface area contributed by atoms with Gasteiger partial charge in [-0.25, -0.2) is 4.79 Å². The van der Waals surface area contributed by atoms with Crippen LogP contribution in [0, 0.1) is 0 Å². The number of methoxy groups -OCH3 is 1. The summed E-state index contributed by atoms with van der Waals surface area (Å²) in [6, 6.07) is 7.22. The van der Waals surface area contributed by atoms with Crippen molar-refractivity contribution in [1.82, 2.24) is 25.6 Å². The lowest BCUT2D eigenvalue weighted by Gasteiger charge is -2.30. The van der Waals surface area contributed by atoms with Crippen LogP contribution < -0.4 is 15.5 Å². The third kappa shape index (κ3) is 6.16. The molecule has 1 aromatic rings. The number of nitrogens with zero attached hydrogens (tertiary/aromatic N) is 3. The fourth-order valence-corrected chi connectivity index (χ4v) is 5.30. The normalized spacial score (nSPS) is 20.2. The summed E-state index contributed by atoms with van der Waals surface area (Å²) in [5.74, 6) is 0.234. The largest absolute Gasteiger partial charge is 0.497 e. The van der Waals surface area contributed by atoms with E-state index in [-0.39, 0.29) is 24.1 Å². The van der Waals surface area contributed by atoms with Gasteiger partial charge in [-0.3, -0.25) is 19.8 Å². The van der Waals surface area contributed by atoms with E-state index in [9.17, 15) is 19.2 Å². The Morgan fingerprint density at radius 3 is 2.44 bits per heavy atom. The highest BCUT2D eigenvalue weighted by Gasteiger charge is 2.52. The molecule has 10 heteroatoms. The SMILES string of the molecule is COc1ccc(CCC(=O)N2CCCN(CCC(=O)NN3C(=O)NC4(CCCCC4)C3=O)CC2)cc1. The zero-order valence-electron chi connectivity index (χ0n) is 21.1. The Bertz CT molecular complexity index is 960. The first kappa shape index (κ1) is 25.9. The van der Waals surface area contributed by atoms with Gasteiger partial charge in [0, 0.05) is 39.0 Å². The van der Waals surface area contributed by atoms with Crippen LogP contribution in [0.4, 0.5) is 4.79 Å². The maximum atomic E-state index is 12.8. The van der Waals surface area contributed by atoms with E-state index in [1.165, 1.54) is 0 Å². The molecule has 1 saturated carbocycles. The zero-order chi connectivity index (χ0) is 25.5. The molecular weight excluding hydrogens is 462 g/mol. The lowest BCUT2D eigenvalue weighted by Crippen LogP contribution is -2.51. The number of amides is 5. The summed E-state index contributed by atoms with van der Waals surface area (Å²) in [5.41, 5.74) is 2.76. The molecule has 0 radical (unpaired) electrons. The third-order valence-electron chi connectivity index (χ3n) is 7.49. The first-order chi connectivity index (χ1) is 17.4. The standard InChI is InChI=1S/C26H37N5O5/c1-36-21-9-6-20(7-10-21)8-11-23(33)30-16-5-15-29(18-19-30)17-12-22(32)28-31-24(34)26(27-25(31)35)13-3-2-4-14-26/h6-7,9-10H,2-5,8,11-19H2,1H3,(H,27,35)(H,28,32). The van der Waals surface area contributed by atoms with Gasteiger partial charge in [-0.1, -0.05) is 31.4 Å². The van der Waals surface area contributed by atoms with Crippen LogP contribution in [-0.2, 0) is 20.8 Å². The van der Waals surface area contributed by atoms with E-state index < -0.39 is 11.6 Å². The second kappa shape index (κ2) is 11.7. The number of imide groups is 1. The van der Waals surface area contributed by atoms with Crippen LogP contribution in [0.3, 0.4) is 0 Å². The smallest absolute Gasteiger partial charge is 0.344 e. The maximum Gasteiger partial charge on any atom is 0.344 e. The van der Waals surface area contributed by atoms with Crippen molar-refractivity contribution in [2.75, 3.05) is 39.8 Å². The van der Waals surface area contributed by atoms with Gasteiger partial charge in [-0.15, -0.1) is 0 Å². The van der Waals surface area contributed by atoms with Gasteiger partial charge >= 0.3 is 6.03 Å². The number of benzene rings is 1. The minimum atomic E-state index is -0.850. The number of hydrogen-bond acceptors (Lipinski definition) is 6. The predicted octanol–water partition coefficient (Wildman–Crippen LogP) is 1.84. The van der Waals surface area contributed by atoms with Gasteiger partial charge in [-0.2, -0.15) is 5.01 Å². The molecule has 4 rings (SSSR count). The van der Waals surface area contributed by atoms with Crippen molar-refractivity contribution in [3.8, 4) is 5.75 Å². The molecule has 2 saturated heterocycles.